The van der Waals surface area contributed by atoms with Gasteiger partial charge in [0.1, 0.15) is 0 Å². The van der Waals surface area contributed by atoms with Crippen LogP contribution in [-0.2, 0) is 4.79 Å². The van der Waals surface area contributed by atoms with Gasteiger partial charge in [0.15, 0.2) is 0 Å². The highest BCUT2D eigenvalue weighted by Gasteiger charge is 2.61. The summed E-state index contributed by atoms with van der Waals surface area (Å²) in [5.74, 6) is -0.672. The number of rotatable bonds is 3. The minimum Gasteiger partial charge on any atom is -0.366 e. The molecule has 3 atom stereocenters. The van der Waals surface area contributed by atoms with E-state index in [0.29, 0.717) is 12.1 Å². The van der Waals surface area contributed by atoms with E-state index >= 15 is 0 Å². The number of likely N-dealkylation sites (tertiary alicyclic amines) is 1. The zero-order valence-corrected chi connectivity index (χ0v) is 13.9. The minimum absolute atomic E-state index is 0.00296. The summed E-state index contributed by atoms with van der Waals surface area (Å²) < 4.78 is 0. The fraction of sp³-hybridized carbons (Fsp3) is 0.588. The molecule has 1 saturated carbocycles. The zero-order valence-electron chi connectivity index (χ0n) is 13.9. The van der Waals surface area contributed by atoms with Crippen molar-refractivity contribution in [3.63, 3.8) is 0 Å². The van der Waals surface area contributed by atoms with Gasteiger partial charge in [-0.25, -0.2) is 10.9 Å². The molecule has 3 aliphatic rings. The highest BCUT2D eigenvalue weighted by Crippen LogP contribution is 2.42. The Balaban J connectivity index is 1.60. The fourth-order valence-corrected chi connectivity index (χ4v) is 4.44. The molecule has 0 unspecified atom stereocenters. The lowest BCUT2D eigenvalue weighted by atomic mass is 9.89. The van der Waals surface area contributed by atoms with Crippen molar-refractivity contribution in [1.82, 2.24) is 15.8 Å². The van der Waals surface area contributed by atoms with E-state index in [-0.39, 0.29) is 29.6 Å². The minimum atomic E-state index is -1.65. The van der Waals surface area contributed by atoms with Gasteiger partial charge >= 0.3 is 0 Å². The number of benzene rings is 1. The molecular weight excluding hydrogens is 324 g/mol. The maximum Gasteiger partial charge on any atom is 0.271 e. The van der Waals surface area contributed by atoms with Gasteiger partial charge < -0.3 is 10.0 Å². The van der Waals surface area contributed by atoms with E-state index in [1.54, 1.807) is 12.1 Å². The summed E-state index contributed by atoms with van der Waals surface area (Å²) in [6, 6.07) is 6.17. The van der Waals surface area contributed by atoms with Gasteiger partial charge in [0.05, 0.1) is 16.9 Å². The number of non-ortho nitro benzene ring substituents is 1. The summed E-state index contributed by atoms with van der Waals surface area (Å²) in [6.45, 7) is 0.452. The monoisotopic (exact) mass is 346 g/mol. The van der Waals surface area contributed by atoms with Gasteiger partial charge in [-0.05, 0) is 18.4 Å². The van der Waals surface area contributed by atoms with Gasteiger partial charge in [0.25, 0.3) is 11.6 Å². The Kier molecular flexibility index (Phi) is 3.98. The number of hydrogen-bond acceptors (Lipinski definition) is 6. The van der Waals surface area contributed by atoms with Crippen molar-refractivity contribution in [3.05, 3.63) is 39.9 Å². The fourth-order valence-electron chi connectivity index (χ4n) is 4.44. The van der Waals surface area contributed by atoms with Gasteiger partial charge in [0.2, 0.25) is 5.72 Å². The Morgan fingerprint density at radius 3 is 2.76 bits per heavy atom. The molecule has 1 aliphatic carbocycles. The van der Waals surface area contributed by atoms with Gasteiger partial charge in [-0.2, -0.15) is 0 Å². The van der Waals surface area contributed by atoms with Crippen molar-refractivity contribution in [2.45, 2.75) is 49.9 Å². The quantitative estimate of drug-likeness (QED) is 0.561. The molecule has 1 aromatic rings. The molecule has 2 saturated heterocycles. The Labute approximate surface area is 145 Å². The summed E-state index contributed by atoms with van der Waals surface area (Å²) in [4.78, 5) is 25.2. The van der Waals surface area contributed by atoms with E-state index in [1.165, 1.54) is 18.6 Å². The molecule has 0 radical (unpaired) electrons. The molecule has 0 spiro atoms. The standard InChI is InChI=1S/C17H22N4O4/c22-16-17(23)14(10-20(16)12-6-2-1-3-7-12)15(18-19-17)11-5-4-8-13(9-11)21(24)25/h4-5,8-9,12,14-15,18-19,23H,1-3,6-7,10H2/t14-,15-,17-/m1/s1. The van der Waals surface area contributed by atoms with Crippen LogP contribution in [0.2, 0.25) is 0 Å². The van der Waals surface area contributed by atoms with Crippen LogP contribution < -0.4 is 10.9 Å². The number of amides is 1. The van der Waals surface area contributed by atoms with Crippen LogP contribution in [0.25, 0.3) is 0 Å². The number of fused-ring (bicyclic) bond motifs is 1. The van der Waals surface area contributed by atoms with Crippen molar-refractivity contribution in [2.75, 3.05) is 6.54 Å². The summed E-state index contributed by atoms with van der Waals surface area (Å²) >= 11 is 0. The second-order valence-electron chi connectivity index (χ2n) is 7.22. The molecule has 0 bridgehead atoms. The molecule has 2 heterocycles. The summed E-state index contributed by atoms with van der Waals surface area (Å²) in [5, 5.41) is 21.9. The van der Waals surface area contributed by atoms with Crippen molar-refractivity contribution in [1.29, 1.82) is 0 Å². The molecule has 1 aromatic carbocycles. The number of hydrazine groups is 1. The first-order valence-electron chi connectivity index (χ1n) is 8.81. The third-order valence-corrected chi connectivity index (χ3v) is 5.79. The van der Waals surface area contributed by atoms with E-state index < -0.39 is 10.6 Å². The molecule has 3 N–H and O–H groups in total. The first-order valence-corrected chi connectivity index (χ1v) is 8.81. The van der Waals surface area contributed by atoms with Crippen molar-refractivity contribution in [3.8, 4) is 0 Å². The normalized spacial score (nSPS) is 32.8. The highest BCUT2D eigenvalue weighted by molar-refractivity contribution is 5.88. The van der Waals surface area contributed by atoms with Crippen LogP contribution in [0.5, 0.6) is 0 Å². The average Bonchev–Trinajstić information content (AvgIpc) is 3.09. The van der Waals surface area contributed by atoms with Crippen LogP contribution in [0, 0.1) is 16.0 Å². The molecule has 8 heteroatoms. The lowest BCUT2D eigenvalue weighted by molar-refractivity contribution is -0.384. The smallest absolute Gasteiger partial charge is 0.271 e. The van der Waals surface area contributed by atoms with Crippen LogP contribution in [0.1, 0.15) is 43.7 Å². The summed E-state index contributed by atoms with van der Waals surface area (Å²) in [5.41, 5.74) is 4.77. The summed E-state index contributed by atoms with van der Waals surface area (Å²) in [7, 11) is 0. The van der Waals surface area contributed by atoms with Crippen LogP contribution in [0.15, 0.2) is 24.3 Å². The zero-order chi connectivity index (χ0) is 17.6. The maximum absolute atomic E-state index is 12.8. The molecule has 134 valence electrons. The van der Waals surface area contributed by atoms with Crippen molar-refractivity contribution >= 4 is 11.6 Å². The Bertz CT molecular complexity index is 706. The van der Waals surface area contributed by atoms with Gasteiger partial charge in [0, 0.05) is 24.7 Å². The lowest BCUT2D eigenvalue weighted by Crippen LogP contribution is -2.54. The topological polar surface area (TPSA) is 108 Å². The second-order valence-corrected chi connectivity index (χ2v) is 7.22. The molecule has 0 aromatic heterocycles. The molecule has 3 fully saturated rings. The van der Waals surface area contributed by atoms with Crippen molar-refractivity contribution < 1.29 is 14.8 Å². The first-order chi connectivity index (χ1) is 12.0. The molecule has 25 heavy (non-hydrogen) atoms. The third-order valence-electron chi connectivity index (χ3n) is 5.79. The Hall–Kier alpha value is -2.03. The van der Waals surface area contributed by atoms with Gasteiger partial charge in [-0.3, -0.25) is 14.9 Å². The number of carbonyl (C=O) groups excluding carboxylic acids is 1. The predicted octanol–water partition coefficient (Wildman–Crippen LogP) is 1.22. The number of nitro benzene ring substituents is 1. The van der Waals surface area contributed by atoms with E-state index in [9.17, 15) is 20.0 Å². The number of aliphatic hydroxyl groups is 1. The van der Waals surface area contributed by atoms with E-state index in [2.05, 4.69) is 10.9 Å². The van der Waals surface area contributed by atoms with Crippen LogP contribution in [0.3, 0.4) is 0 Å². The Morgan fingerprint density at radius 1 is 1.28 bits per heavy atom. The van der Waals surface area contributed by atoms with E-state index in [4.69, 9.17) is 0 Å². The number of carbonyl (C=O) groups is 1. The van der Waals surface area contributed by atoms with Crippen molar-refractivity contribution in [2.24, 2.45) is 5.92 Å². The predicted molar refractivity (Wildman–Crippen MR) is 89.1 cm³/mol. The summed E-state index contributed by atoms with van der Waals surface area (Å²) in [6.07, 6.45) is 5.37. The maximum atomic E-state index is 12.8. The largest absolute Gasteiger partial charge is 0.366 e. The van der Waals surface area contributed by atoms with Gasteiger partial charge in [-0.1, -0.05) is 31.4 Å². The second kappa shape index (κ2) is 6.05. The van der Waals surface area contributed by atoms with E-state index in [0.717, 1.165) is 25.7 Å². The van der Waals surface area contributed by atoms with E-state index in [1.807, 2.05) is 4.90 Å². The Morgan fingerprint density at radius 2 is 2.04 bits per heavy atom. The van der Waals surface area contributed by atoms with Crippen LogP contribution in [0.4, 0.5) is 5.69 Å². The SMILES string of the molecule is O=C1N(C2CCCCC2)C[C@@H]2[C@@H](c3cccc([N+](=O)[O-])c3)NN[C@]12O. The van der Waals surface area contributed by atoms with Crippen LogP contribution in [-0.4, -0.2) is 39.1 Å². The van der Waals surface area contributed by atoms with Gasteiger partial charge in [-0.15, -0.1) is 0 Å². The average molecular weight is 346 g/mol. The number of hydrogen-bond donors (Lipinski definition) is 3. The number of nitro groups is 1. The molecule has 2 aliphatic heterocycles. The molecule has 8 nitrogen and oxygen atoms in total. The third kappa shape index (κ3) is 2.61. The molecule has 4 rings (SSSR count). The molecular formula is C17H22N4O4. The molecule has 1 amide bonds. The number of nitrogens with zero attached hydrogens (tertiary/aromatic N) is 2. The van der Waals surface area contributed by atoms with Crippen LogP contribution >= 0.6 is 0 Å². The highest BCUT2D eigenvalue weighted by atomic mass is 16.6. The number of nitrogens with one attached hydrogen (secondary N) is 2. The lowest BCUT2D eigenvalue weighted by Gasteiger charge is -2.32. The first kappa shape index (κ1) is 16.4.